The molecule has 2 aliphatic heterocycles. The van der Waals surface area contributed by atoms with Gasteiger partial charge in [-0.2, -0.15) is 0 Å². The van der Waals surface area contributed by atoms with E-state index in [0.717, 1.165) is 44.9 Å². The van der Waals surface area contributed by atoms with Crippen molar-refractivity contribution in [3.05, 3.63) is 36.5 Å². The van der Waals surface area contributed by atoms with Crippen LogP contribution in [0.3, 0.4) is 0 Å². The number of allylic oxidation sites excluding steroid dienone is 5. The van der Waals surface area contributed by atoms with Crippen molar-refractivity contribution in [1.29, 1.82) is 0 Å². The van der Waals surface area contributed by atoms with E-state index in [0.29, 0.717) is 12.8 Å². The number of ether oxygens (including phenoxy) is 4. The van der Waals surface area contributed by atoms with Crippen molar-refractivity contribution in [2.45, 2.75) is 338 Å². The molecule has 0 saturated carbocycles. The number of aliphatic hydroxyl groups is 8. The SMILES string of the molecule is CCCCCCCCCCCCCCCCCCCCCCC/C=C/CC/C=C/CC/C=C/C(O)C(COC1OC(CO)C(OC2OC(CO)C(O)C(O)C2O)C(O)C1O)NC(=O)CCCCCCCCCCCCCC. The second kappa shape index (κ2) is 48.9. The zero-order valence-electron chi connectivity index (χ0n) is 48.7. The highest BCUT2D eigenvalue weighted by Crippen LogP contribution is 2.30. The van der Waals surface area contributed by atoms with Crippen LogP contribution in [0.2, 0.25) is 0 Å². The number of unbranched alkanes of at least 4 members (excludes halogenated alkanes) is 34. The summed E-state index contributed by atoms with van der Waals surface area (Å²) in [7, 11) is 0. The van der Waals surface area contributed by atoms with E-state index >= 15 is 0 Å². The number of rotatable bonds is 51. The van der Waals surface area contributed by atoms with Crippen LogP contribution in [-0.2, 0) is 23.7 Å². The van der Waals surface area contributed by atoms with Gasteiger partial charge in [0.2, 0.25) is 5.91 Å². The Bertz CT molecular complexity index is 1430. The molecule has 2 rings (SSSR count). The molecule has 2 aliphatic rings. The molecule has 0 bridgehead atoms. The Labute approximate surface area is 468 Å². The average Bonchev–Trinajstić information content (AvgIpc) is 3.43. The first-order valence-corrected chi connectivity index (χ1v) is 31.7. The molecule has 452 valence electrons. The van der Waals surface area contributed by atoms with Crippen LogP contribution in [0.4, 0.5) is 0 Å². The van der Waals surface area contributed by atoms with Gasteiger partial charge in [-0.15, -0.1) is 0 Å². The number of nitrogens with one attached hydrogen (secondary N) is 1. The normalized spacial score (nSPS) is 24.9. The van der Waals surface area contributed by atoms with Gasteiger partial charge >= 0.3 is 0 Å². The molecule has 14 nitrogen and oxygen atoms in total. The minimum atomic E-state index is -1.79. The Morgan fingerprint density at radius 2 is 0.831 bits per heavy atom. The third-order valence-corrected chi connectivity index (χ3v) is 15.6. The largest absolute Gasteiger partial charge is 0.394 e. The first kappa shape index (κ1) is 71.3. The van der Waals surface area contributed by atoms with Gasteiger partial charge in [-0.3, -0.25) is 4.79 Å². The molecular formula is C63H117NO13. The molecule has 2 saturated heterocycles. The Balaban J connectivity index is 1.69. The molecule has 0 aromatic heterocycles. The maximum Gasteiger partial charge on any atom is 0.220 e. The lowest BCUT2D eigenvalue weighted by Gasteiger charge is -2.46. The van der Waals surface area contributed by atoms with E-state index < -0.39 is 86.8 Å². The number of carbonyl (C=O) groups is 1. The average molecular weight is 1100 g/mol. The van der Waals surface area contributed by atoms with Gasteiger partial charge in [0.1, 0.15) is 48.8 Å². The van der Waals surface area contributed by atoms with Crippen molar-refractivity contribution >= 4 is 5.91 Å². The van der Waals surface area contributed by atoms with Crippen LogP contribution < -0.4 is 5.32 Å². The van der Waals surface area contributed by atoms with Crippen molar-refractivity contribution in [3.63, 3.8) is 0 Å². The lowest BCUT2D eigenvalue weighted by molar-refractivity contribution is -0.359. The van der Waals surface area contributed by atoms with Gasteiger partial charge in [-0.1, -0.05) is 249 Å². The van der Waals surface area contributed by atoms with Crippen molar-refractivity contribution in [1.82, 2.24) is 5.32 Å². The number of hydrogen-bond acceptors (Lipinski definition) is 13. The summed E-state index contributed by atoms with van der Waals surface area (Å²) in [5.74, 6) is -0.252. The summed E-state index contributed by atoms with van der Waals surface area (Å²) in [6, 6.07) is -0.935. The molecule has 0 aliphatic carbocycles. The van der Waals surface area contributed by atoms with Gasteiger partial charge in [0, 0.05) is 6.42 Å². The molecule has 9 N–H and O–H groups in total. The third kappa shape index (κ3) is 34.3. The van der Waals surface area contributed by atoms with E-state index in [9.17, 15) is 45.6 Å². The Morgan fingerprint density at radius 1 is 0.455 bits per heavy atom. The predicted octanol–water partition coefficient (Wildman–Crippen LogP) is 11.4. The number of amides is 1. The highest BCUT2D eigenvalue weighted by atomic mass is 16.7. The van der Waals surface area contributed by atoms with Crippen LogP contribution in [0, 0.1) is 0 Å². The van der Waals surface area contributed by atoms with E-state index in [1.165, 1.54) is 186 Å². The molecule has 0 aromatic rings. The number of hydrogen-bond donors (Lipinski definition) is 9. The van der Waals surface area contributed by atoms with Crippen molar-refractivity contribution in [2.24, 2.45) is 0 Å². The summed E-state index contributed by atoms with van der Waals surface area (Å²) in [6.45, 7) is 2.78. The fourth-order valence-electron chi connectivity index (χ4n) is 10.4. The lowest BCUT2D eigenvalue weighted by atomic mass is 9.97. The van der Waals surface area contributed by atoms with Gasteiger partial charge in [0.25, 0.3) is 0 Å². The fourth-order valence-corrected chi connectivity index (χ4v) is 10.4. The van der Waals surface area contributed by atoms with Crippen molar-refractivity contribution in [2.75, 3.05) is 19.8 Å². The van der Waals surface area contributed by atoms with Crippen LogP contribution in [0.5, 0.6) is 0 Å². The monoisotopic (exact) mass is 1100 g/mol. The lowest BCUT2D eigenvalue weighted by Crippen LogP contribution is -2.65. The summed E-state index contributed by atoms with van der Waals surface area (Å²) in [6.07, 6.45) is 43.6. The minimum Gasteiger partial charge on any atom is -0.394 e. The van der Waals surface area contributed by atoms with Gasteiger partial charge < -0.3 is 65.1 Å². The van der Waals surface area contributed by atoms with E-state index in [-0.39, 0.29) is 18.9 Å². The summed E-state index contributed by atoms with van der Waals surface area (Å²) >= 11 is 0. The Morgan fingerprint density at radius 3 is 1.27 bits per heavy atom. The van der Waals surface area contributed by atoms with Crippen molar-refractivity contribution in [3.8, 4) is 0 Å². The number of aliphatic hydroxyl groups excluding tert-OH is 8. The Hall–Kier alpha value is -1.79. The predicted molar refractivity (Wildman–Crippen MR) is 309 cm³/mol. The van der Waals surface area contributed by atoms with E-state index in [1.807, 2.05) is 6.08 Å². The summed E-state index contributed by atoms with van der Waals surface area (Å²) in [4.78, 5) is 13.2. The molecule has 2 fully saturated rings. The molecule has 12 unspecified atom stereocenters. The molecule has 77 heavy (non-hydrogen) atoms. The molecular weight excluding hydrogens is 979 g/mol. The van der Waals surface area contributed by atoms with Crippen LogP contribution in [0.1, 0.15) is 264 Å². The highest BCUT2D eigenvalue weighted by molar-refractivity contribution is 5.76. The highest BCUT2D eigenvalue weighted by Gasteiger charge is 2.51. The second-order valence-electron chi connectivity index (χ2n) is 22.5. The molecule has 0 radical (unpaired) electrons. The number of carbonyl (C=O) groups excluding carboxylic acids is 1. The van der Waals surface area contributed by atoms with E-state index in [4.69, 9.17) is 18.9 Å². The first-order chi connectivity index (χ1) is 37.6. The van der Waals surface area contributed by atoms with Crippen LogP contribution in [0.15, 0.2) is 36.5 Å². The van der Waals surface area contributed by atoms with Gasteiger partial charge in [0.05, 0.1) is 32.0 Å². The van der Waals surface area contributed by atoms with Crippen LogP contribution in [-0.4, -0.2) is 140 Å². The standard InChI is InChI=1S/C63H117NO13/c1-3-5-7-9-11-13-15-17-18-19-20-21-22-23-24-25-26-27-28-29-30-31-32-33-34-35-36-38-40-42-44-46-52(67)51(64-55(68)47-45-43-41-39-37-16-14-12-10-8-6-4-2)50-74-62-60(73)58(71)61(54(49-66)76-62)77-63-59(72)57(70)56(69)53(48-65)75-63/h32-33,36,38,44,46,51-54,56-63,65-67,69-73H,3-31,34-35,37,39-43,45,47-50H2,1-2H3,(H,64,68)/b33-32+,38-36+,46-44+. The van der Waals surface area contributed by atoms with Crippen LogP contribution >= 0.6 is 0 Å². The van der Waals surface area contributed by atoms with Gasteiger partial charge in [0.15, 0.2) is 12.6 Å². The van der Waals surface area contributed by atoms with E-state index in [2.05, 4.69) is 43.5 Å². The minimum absolute atomic E-state index is 0.252. The summed E-state index contributed by atoms with van der Waals surface area (Å²) in [5, 5.41) is 87.0. The second-order valence-corrected chi connectivity index (χ2v) is 22.5. The topological polar surface area (TPSA) is 228 Å². The van der Waals surface area contributed by atoms with Gasteiger partial charge in [-0.05, 0) is 44.9 Å². The van der Waals surface area contributed by atoms with Crippen LogP contribution in [0.25, 0.3) is 0 Å². The molecule has 12 atom stereocenters. The summed E-state index contributed by atoms with van der Waals surface area (Å²) in [5.41, 5.74) is 0. The molecule has 0 spiro atoms. The fraction of sp³-hybridized carbons (Fsp3) is 0.889. The summed E-state index contributed by atoms with van der Waals surface area (Å²) < 4.78 is 22.7. The first-order valence-electron chi connectivity index (χ1n) is 31.7. The maximum absolute atomic E-state index is 13.2. The van der Waals surface area contributed by atoms with Gasteiger partial charge in [-0.25, -0.2) is 0 Å². The third-order valence-electron chi connectivity index (χ3n) is 15.6. The Kier molecular flexibility index (Phi) is 45.3. The zero-order valence-corrected chi connectivity index (χ0v) is 48.7. The maximum atomic E-state index is 13.2. The van der Waals surface area contributed by atoms with Crippen molar-refractivity contribution < 1.29 is 64.6 Å². The smallest absolute Gasteiger partial charge is 0.220 e. The molecule has 2 heterocycles. The van der Waals surface area contributed by atoms with E-state index in [1.54, 1.807) is 6.08 Å². The molecule has 1 amide bonds. The zero-order chi connectivity index (χ0) is 56.0. The molecule has 0 aromatic carbocycles. The molecule has 14 heteroatoms. The quantitative estimate of drug-likeness (QED) is 0.0204.